The van der Waals surface area contributed by atoms with Crippen molar-refractivity contribution in [3.05, 3.63) is 52.3 Å². The van der Waals surface area contributed by atoms with E-state index in [2.05, 4.69) is 31.5 Å². The topological polar surface area (TPSA) is 71.1 Å². The number of anilines is 2. The molecule has 0 radical (unpaired) electrons. The van der Waals surface area contributed by atoms with Gasteiger partial charge in [-0.1, -0.05) is 0 Å². The average Bonchev–Trinajstić information content (AvgIpc) is 2.47. The number of hydrogen-bond acceptors (Lipinski definition) is 3. The van der Waals surface area contributed by atoms with Crippen molar-refractivity contribution >= 4 is 39.1 Å². The largest absolute Gasteiger partial charge is 0.326 e. The minimum Gasteiger partial charge on any atom is -0.326 e. The third-order valence-electron chi connectivity index (χ3n) is 3.23. The maximum Gasteiger partial charge on any atom is 0.257 e. The standard InChI is InChI=1S/C15H12BrN3O2/c16-11-5-10(7-17-8-11)15(21)18-12-2-3-13-9(6-12)1-4-14(20)19-13/h2-3,5-8H,1,4H2,(H,18,21)(H,19,20). The van der Waals surface area contributed by atoms with Crippen LogP contribution in [0.1, 0.15) is 22.3 Å². The number of rotatable bonds is 2. The van der Waals surface area contributed by atoms with Crippen LogP contribution >= 0.6 is 15.9 Å². The number of nitrogens with zero attached hydrogens (tertiary/aromatic N) is 1. The highest BCUT2D eigenvalue weighted by Gasteiger charge is 2.15. The molecule has 6 heteroatoms. The van der Waals surface area contributed by atoms with E-state index in [1.165, 1.54) is 6.20 Å². The van der Waals surface area contributed by atoms with Gasteiger partial charge in [0.25, 0.3) is 5.91 Å². The van der Waals surface area contributed by atoms with Gasteiger partial charge in [0.2, 0.25) is 5.91 Å². The number of pyridine rings is 1. The maximum absolute atomic E-state index is 12.1. The fourth-order valence-electron chi connectivity index (χ4n) is 2.20. The first-order valence-electron chi connectivity index (χ1n) is 6.46. The molecule has 0 spiro atoms. The van der Waals surface area contributed by atoms with E-state index >= 15 is 0 Å². The molecular formula is C15H12BrN3O2. The molecular weight excluding hydrogens is 334 g/mol. The number of aryl methyl sites for hydroxylation is 1. The van der Waals surface area contributed by atoms with E-state index in [0.717, 1.165) is 15.7 Å². The van der Waals surface area contributed by atoms with Crippen molar-refractivity contribution in [1.82, 2.24) is 4.98 Å². The lowest BCUT2D eigenvalue weighted by molar-refractivity contribution is -0.116. The van der Waals surface area contributed by atoms with Crippen LogP contribution < -0.4 is 10.6 Å². The van der Waals surface area contributed by atoms with Crippen molar-refractivity contribution in [2.75, 3.05) is 10.6 Å². The van der Waals surface area contributed by atoms with Gasteiger partial charge in [-0.25, -0.2) is 0 Å². The SMILES string of the molecule is O=C1CCc2cc(NC(=O)c3cncc(Br)c3)ccc2N1. The summed E-state index contributed by atoms with van der Waals surface area (Å²) in [7, 11) is 0. The van der Waals surface area contributed by atoms with Gasteiger partial charge in [0.15, 0.2) is 0 Å². The summed E-state index contributed by atoms with van der Waals surface area (Å²) in [5, 5.41) is 5.65. The lowest BCUT2D eigenvalue weighted by atomic mass is 10.0. The van der Waals surface area contributed by atoms with Crippen LogP contribution in [0.15, 0.2) is 41.1 Å². The summed E-state index contributed by atoms with van der Waals surface area (Å²) in [6, 6.07) is 7.17. The molecule has 106 valence electrons. The van der Waals surface area contributed by atoms with Gasteiger partial charge in [0.05, 0.1) is 5.56 Å². The predicted molar refractivity (Wildman–Crippen MR) is 83.3 cm³/mol. The van der Waals surface area contributed by atoms with Crippen molar-refractivity contribution in [3.8, 4) is 0 Å². The van der Waals surface area contributed by atoms with Gasteiger partial charge in [-0.15, -0.1) is 0 Å². The van der Waals surface area contributed by atoms with Crippen molar-refractivity contribution in [2.24, 2.45) is 0 Å². The van der Waals surface area contributed by atoms with Gasteiger partial charge in [0, 0.05) is 34.7 Å². The highest BCUT2D eigenvalue weighted by Crippen LogP contribution is 2.26. The molecule has 0 saturated carbocycles. The summed E-state index contributed by atoms with van der Waals surface area (Å²) >= 11 is 3.29. The van der Waals surface area contributed by atoms with Gasteiger partial charge in [-0.2, -0.15) is 0 Å². The third kappa shape index (κ3) is 3.11. The lowest BCUT2D eigenvalue weighted by Crippen LogP contribution is -2.19. The Bertz CT molecular complexity index is 731. The summed E-state index contributed by atoms with van der Waals surface area (Å²) in [5.41, 5.74) is 3.03. The van der Waals surface area contributed by atoms with Crippen molar-refractivity contribution in [2.45, 2.75) is 12.8 Å². The van der Waals surface area contributed by atoms with Crippen LogP contribution in [-0.4, -0.2) is 16.8 Å². The molecule has 2 N–H and O–H groups in total. The Morgan fingerprint density at radius 2 is 2.10 bits per heavy atom. The van der Waals surface area contributed by atoms with Crippen LogP contribution in [0.2, 0.25) is 0 Å². The second-order valence-electron chi connectivity index (χ2n) is 4.77. The number of benzene rings is 1. The van der Waals surface area contributed by atoms with Crippen molar-refractivity contribution < 1.29 is 9.59 Å². The Kier molecular flexibility index (Phi) is 3.70. The van der Waals surface area contributed by atoms with E-state index in [-0.39, 0.29) is 11.8 Å². The van der Waals surface area contributed by atoms with Crippen LogP contribution in [0.4, 0.5) is 11.4 Å². The van der Waals surface area contributed by atoms with E-state index in [4.69, 9.17) is 0 Å². The molecule has 1 aliphatic heterocycles. The normalized spacial score (nSPS) is 13.3. The summed E-state index contributed by atoms with van der Waals surface area (Å²) in [6.07, 6.45) is 4.29. The zero-order valence-corrected chi connectivity index (χ0v) is 12.6. The summed E-state index contributed by atoms with van der Waals surface area (Å²) in [6.45, 7) is 0. The molecule has 2 amide bonds. The Morgan fingerprint density at radius 3 is 2.90 bits per heavy atom. The molecule has 0 unspecified atom stereocenters. The van der Waals surface area contributed by atoms with Crippen LogP contribution in [-0.2, 0) is 11.2 Å². The molecule has 21 heavy (non-hydrogen) atoms. The Labute approximate surface area is 129 Å². The highest BCUT2D eigenvalue weighted by atomic mass is 79.9. The predicted octanol–water partition coefficient (Wildman–Crippen LogP) is 2.98. The number of carbonyl (C=O) groups excluding carboxylic acids is 2. The second-order valence-corrected chi connectivity index (χ2v) is 5.68. The van der Waals surface area contributed by atoms with Gasteiger partial charge < -0.3 is 10.6 Å². The minimum atomic E-state index is -0.219. The number of amides is 2. The molecule has 0 fully saturated rings. The third-order valence-corrected chi connectivity index (χ3v) is 3.66. The van der Waals surface area contributed by atoms with Crippen molar-refractivity contribution in [1.29, 1.82) is 0 Å². The van der Waals surface area contributed by atoms with Crippen LogP contribution in [0.25, 0.3) is 0 Å². The number of halogens is 1. The number of carbonyl (C=O) groups is 2. The van der Waals surface area contributed by atoms with Crippen LogP contribution in [0.5, 0.6) is 0 Å². The number of hydrogen-bond donors (Lipinski definition) is 2. The first-order chi connectivity index (χ1) is 10.1. The highest BCUT2D eigenvalue weighted by molar-refractivity contribution is 9.10. The molecule has 0 bridgehead atoms. The van der Waals surface area contributed by atoms with E-state index in [0.29, 0.717) is 24.1 Å². The van der Waals surface area contributed by atoms with Gasteiger partial charge >= 0.3 is 0 Å². The minimum absolute atomic E-state index is 0.0273. The fraction of sp³-hybridized carbons (Fsp3) is 0.133. The van der Waals surface area contributed by atoms with Gasteiger partial charge in [-0.3, -0.25) is 14.6 Å². The zero-order chi connectivity index (χ0) is 14.8. The Balaban J connectivity index is 1.79. The molecule has 0 saturated heterocycles. The van der Waals surface area contributed by atoms with Gasteiger partial charge in [0.1, 0.15) is 0 Å². The molecule has 2 heterocycles. The molecule has 3 rings (SSSR count). The van der Waals surface area contributed by atoms with Gasteiger partial charge in [-0.05, 0) is 52.2 Å². The Hall–Kier alpha value is -2.21. The molecule has 0 aliphatic carbocycles. The summed E-state index contributed by atoms with van der Waals surface area (Å²) in [4.78, 5) is 27.4. The van der Waals surface area contributed by atoms with Crippen LogP contribution in [0.3, 0.4) is 0 Å². The molecule has 0 atom stereocenters. The first-order valence-corrected chi connectivity index (χ1v) is 7.26. The lowest BCUT2D eigenvalue weighted by Gasteiger charge is -2.17. The fourth-order valence-corrected chi connectivity index (χ4v) is 2.57. The van der Waals surface area contributed by atoms with Crippen molar-refractivity contribution in [3.63, 3.8) is 0 Å². The maximum atomic E-state index is 12.1. The molecule has 1 aromatic heterocycles. The molecule has 1 aromatic carbocycles. The second kappa shape index (κ2) is 5.65. The molecule has 2 aromatic rings. The quantitative estimate of drug-likeness (QED) is 0.878. The van der Waals surface area contributed by atoms with E-state index in [1.807, 2.05) is 6.07 Å². The Morgan fingerprint density at radius 1 is 1.24 bits per heavy atom. The monoisotopic (exact) mass is 345 g/mol. The summed E-state index contributed by atoms with van der Waals surface area (Å²) < 4.78 is 0.753. The molecule has 5 nitrogen and oxygen atoms in total. The number of nitrogens with one attached hydrogen (secondary N) is 2. The van der Waals surface area contributed by atoms with E-state index in [9.17, 15) is 9.59 Å². The van der Waals surface area contributed by atoms with E-state index < -0.39 is 0 Å². The summed E-state index contributed by atoms with van der Waals surface area (Å²) in [5.74, 6) is -0.192. The van der Waals surface area contributed by atoms with E-state index in [1.54, 1.807) is 24.4 Å². The first kappa shape index (κ1) is 13.8. The molecule has 1 aliphatic rings. The zero-order valence-electron chi connectivity index (χ0n) is 11.0. The average molecular weight is 346 g/mol. The number of fused-ring (bicyclic) bond motifs is 1. The smallest absolute Gasteiger partial charge is 0.257 e. The number of aromatic nitrogens is 1. The van der Waals surface area contributed by atoms with Crippen LogP contribution in [0, 0.1) is 0 Å².